The lowest BCUT2D eigenvalue weighted by molar-refractivity contribution is -0.116. The van der Waals surface area contributed by atoms with E-state index in [2.05, 4.69) is 41.9 Å². The summed E-state index contributed by atoms with van der Waals surface area (Å²) < 4.78 is 0. The highest BCUT2D eigenvalue weighted by Gasteiger charge is 2.30. The fourth-order valence-corrected chi connectivity index (χ4v) is 2.25. The summed E-state index contributed by atoms with van der Waals surface area (Å²) in [6.07, 6.45) is 0.895. The number of amides is 1. The number of halogens is 1. The number of nitrogens with zero attached hydrogens (tertiary/aromatic N) is 1. The van der Waals surface area contributed by atoms with Gasteiger partial charge >= 0.3 is 0 Å². The summed E-state index contributed by atoms with van der Waals surface area (Å²) in [5.74, 6) is 0.179. The van der Waals surface area contributed by atoms with Crippen LogP contribution in [0.5, 0.6) is 0 Å². The van der Waals surface area contributed by atoms with E-state index in [1.54, 1.807) is 0 Å². The summed E-state index contributed by atoms with van der Waals surface area (Å²) in [6, 6.07) is 6.17. The Hall–Kier alpha value is -0.830. The van der Waals surface area contributed by atoms with Crippen molar-refractivity contribution < 1.29 is 4.79 Å². The minimum atomic E-state index is -0.000825. The highest BCUT2D eigenvalue weighted by molar-refractivity contribution is 9.10. The number of carbonyl (C=O) groups excluding carboxylic acids is 1. The molecule has 1 unspecified atom stereocenters. The number of alkyl halides is 1. The molecule has 0 aliphatic carbocycles. The maximum atomic E-state index is 11.8. The molecule has 15 heavy (non-hydrogen) atoms. The van der Waals surface area contributed by atoms with Gasteiger partial charge in [-0.05, 0) is 43.5 Å². The molecule has 0 aromatic heterocycles. The predicted octanol–water partition coefficient (Wildman–Crippen LogP) is 2.80. The van der Waals surface area contributed by atoms with Gasteiger partial charge in [-0.1, -0.05) is 22.0 Å². The quantitative estimate of drug-likeness (QED) is 0.717. The standard InChI is InChI=1S/C12H14BrNO/c1-8-3-4-10(7-9(8)2)14-6-5-11(13)12(14)15/h3-4,7,11H,5-6H2,1-2H3. The van der Waals surface area contributed by atoms with Crippen molar-refractivity contribution in [3.05, 3.63) is 29.3 Å². The number of aryl methyl sites for hydroxylation is 2. The Labute approximate surface area is 98.4 Å². The van der Waals surface area contributed by atoms with Crippen molar-refractivity contribution in [2.45, 2.75) is 25.1 Å². The van der Waals surface area contributed by atoms with E-state index < -0.39 is 0 Å². The molecule has 1 saturated heterocycles. The van der Waals surface area contributed by atoms with Gasteiger partial charge in [-0.15, -0.1) is 0 Å². The predicted molar refractivity (Wildman–Crippen MR) is 65.6 cm³/mol. The molecular formula is C12H14BrNO. The van der Waals surface area contributed by atoms with Crippen molar-refractivity contribution in [3.8, 4) is 0 Å². The van der Waals surface area contributed by atoms with Crippen molar-refractivity contribution in [2.75, 3.05) is 11.4 Å². The van der Waals surface area contributed by atoms with Crippen LogP contribution in [0, 0.1) is 13.8 Å². The molecule has 1 aromatic rings. The minimum Gasteiger partial charge on any atom is -0.311 e. The molecule has 0 saturated carbocycles. The van der Waals surface area contributed by atoms with Gasteiger partial charge in [-0.2, -0.15) is 0 Å². The Morgan fingerprint density at radius 3 is 2.60 bits per heavy atom. The smallest absolute Gasteiger partial charge is 0.240 e. The third kappa shape index (κ3) is 1.93. The molecule has 3 heteroatoms. The summed E-state index contributed by atoms with van der Waals surface area (Å²) in [4.78, 5) is 13.6. The van der Waals surface area contributed by atoms with Gasteiger partial charge in [0.2, 0.25) is 5.91 Å². The van der Waals surface area contributed by atoms with E-state index in [1.807, 2.05) is 11.0 Å². The number of hydrogen-bond acceptors (Lipinski definition) is 1. The van der Waals surface area contributed by atoms with Crippen LogP contribution in [0.4, 0.5) is 5.69 Å². The van der Waals surface area contributed by atoms with Crippen molar-refractivity contribution in [3.63, 3.8) is 0 Å². The molecule has 0 radical (unpaired) electrons. The van der Waals surface area contributed by atoms with Crippen molar-refractivity contribution in [1.29, 1.82) is 0 Å². The SMILES string of the molecule is Cc1ccc(N2CCC(Br)C2=O)cc1C. The van der Waals surface area contributed by atoms with Crippen LogP contribution in [-0.2, 0) is 4.79 Å². The number of benzene rings is 1. The molecule has 1 aliphatic rings. The largest absolute Gasteiger partial charge is 0.311 e. The van der Waals surface area contributed by atoms with Crippen molar-refractivity contribution >= 4 is 27.5 Å². The van der Waals surface area contributed by atoms with E-state index in [0.29, 0.717) is 0 Å². The average molecular weight is 268 g/mol. The van der Waals surface area contributed by atoms with E-state index in [0.717, 1.165) is 18.7 Å². The molecule has 1 aromatic carbocycles. The van der Waals surface area contributed by atoms with Gasteiger partial charge in [0.15, 0.2) is 0 Å². The summed E-state index contributed by atoms with van der Waals surface area (Å²) in [7, 11) is 0. The van der Waals surface area contributed by atoms with Crippen LogP contribution in [0.2, 0.25) is 0 Å². The van der Waals surface area contributed by atoms with Gasteiger partial charge in [-0.25, -0.2) is 0 Å². The second-order valence-corrected chi connectivity index (χ2v) is 5.12. The second-order valence-electron chi connectivity index (χ2n) is 4.01. The zero-order valence-electron chi connectivity index (χ0n) is 8.96. The fourth-order valence-electron chi connectivity index (χ4n) is 1.80. The van der Waals surface area contributed by atoms with Crippen LogP contribution in [0.25, 0.3) is 0 Å². The Morgan fingerprint density at radius 1 is 1.33 bits per heavy atom. The molecule has 2 nitrogen and oxygen atoms in total. The van der Waals surface area contributed by atoms with Crippen LogP contribution in [0.15, 0.2) is 18.2 Å². The van der Waals surface area contributed by atoms with Gasteiger partial charge in [0, 0.05) is 12.2 Å². The maximum absolute atomic E-state index is 11.8. The number of carbonyl (C=O) groups is 1. The molecule has 0 N–H and O–H groups in total. The molecule has 0 spiro atoms. The highest BCUT2D eigenvalue weighted by Crippen LogP contribution is 2.26. The van der Waals surface area contributed by atoms with Crippen molar-refractivity contribution in [2.24, 2.45) is 0 Å². The van der Waals surface area contributed by atoms with Crippen LogP contribution in [0.1, 0.15) is 17.5 Å². The van der Waals surface area contributed by atoms with Crippen LogP contribution >= 0.6 is 15.9 Å². The first kappa shape index (κ1) is 10.7. The molecule has 1 aliphatic heterocycles. The van der Waals surface area contributed by atoms with E-state index in [-0.39, 0.29) is 10.7 Å². The van der Waals surface area contributed by atoms with Crippen LogP contribution in [0.3, 0.4) is 0 Å². The van der Waals surface area contributed by atoms with E-state index in [4.69, 9.17) is 0 Å². The monoisotopic (exact) mass is 267 g/mol. The lowest BCUT2D eigenvalue weighted by Gasteiger charge is -2.17. The third-order valence-corrected chi connectivity index (χ3v) is 3.79. The Kier molecular flexibility index (Phi) is 2.83. The average Bonchev–Trinajstić information content (AvgIpc) is 2.53. The first-order valence-corrected chi connectivity index (χ1v) is 6.04. The number of rotatable bonds is 1. The molecule has 1 amide bonds. The zero-order valence-corrected chi connectivity index (χ0v) is 10.5. The summed E-state index contributed by atoms with van der Waals surface area (Å²) >= 11 is 3.38. The van der Waals surface area contributed by atoms with Gasteiger partial charge in [0.05, 0.1) is 4.83 Å². The molecule has 2 rings (SSSR count). The molecule has 1 atom stereocenters. The summed E-state index contributed by atoms with van der Waals surface area (Å²) in [5.41, 5.74) is 3.52. The van der Waals surface area contributed by atoms with Crippen LogP contribution in [-0.4, -0.2) is 17.3 Å². The molecule has 0 bridgehead atoms. The molecular weight excluding hydrogens is 254 g/mol. The summed E-state index contributed by atoms with van der Waals surface area (Å²) in [6.45, 7) is 4.97. The first-order chi connectivity index (χ1) is 7.09. The van der Waals surface area contributed by atoms with Gasteiger partial charge in [0.25, 0.3) is 0 Å². The van der Waals surface area contributed by atoms with E-state index >= 15 is 0 Å². The van der Waals surface area contributed by atoms with E-state index in [9.17, 15) is 4.79 Å². The molecule has 1 heterocycles. The lowest BCUT2D eigenvalue weighted by atomic mass is 10.1. The Bertz CT molecular complexity index is 403. The minimum absolute atomic E-state index is 0.000825. The zero-order chi connectivity index (χ0) is 11.0. The highest BCUT2D eigenvalue weighted by atomic mass is 79.9. The fraction of sp³-hybridized carbons (Fsp3) is 0.417. The van der Waals surface area contributed by atoms with Gasteiger partial charge in [-0.3, -0.25) is 4.79 Å². The normalized spacial score (nSPS) is 21.1. The molecule has 1 fully saturated rings. The molecule has 80 valence electrons. The second kappa shape index (κ2) is 3.97. The number of hydrogen-bond donors (Lipinski definition) is 0. The summed E-state index contributed by atoms with van der Waals surface area (Å²) in [5, 5.41) is 0. The first-order valence-electron chi connectivity index (χ1n) is 5.12. The third-order valence-electron chi connectivity index (χ3n) is 2.94. The maximum Gasteiger partial charge on any atom is 0.240 e. The Balaban J connectivity index is 2.31. The van der Waals surface area contributed by atoms with Crippen LogP contribution < -0.4 is 4.90 Å². The Morgan fingerprint density at radius 2 is 2.07 bits per heavy atom. The number of anilines is 1. The topological polar surface area (TPSA) is 20.3 Å². The van der Waals surface area contributed by atoms with Gasteiger partial charge < -0.3 is 4.90 Å². The van der Waals surface area contributed by atoms with Crippen molar-refractivity contribution in [1.82, 2.24) is 0 Å². The lowest BCUT2D eigenvalue weighted by Crippen LogP contribution is -2.27. The van der Waals surface area contributed by atoms with E-state index in [1.165, 1.54) is 11.1 Å². The van der Waals surface area contributed by atoms with Gasteiger partial charge in [0.1, 0.15) is 0 Å².